The molecule has 1 N–H and O–H groups in total. The smallest absolute Gasteiger partial charge is 0.326 e. The largest absolute Gasteiger partial charge is 0.480 e. The van der Waals surface area contributed by atoms with Crippen LogP contribution in [0.15, 0.2) is 0 Å². The van der Waals surface area contributed by atoms with E-state index in [0.29, 0.717) is 13.0 Å². The molecule has 0 bridgehead atoms. The normalized spacial score (nSPS) is 30.9. The molecule has 2 rings (SSSR count). The van der Waals surface area contributed by atoms with E-state index in [2.05, 4.69) is 13.8 Å². The average Bonchev–Trinajstić information content (AvgIpc) is 2.37. The minimum absolute atomic E-state index is 0.00111. The van der Waals surface area contributed by atoms with E-state index in [1.807, 2.05) is 0 Å². The standard InChI is InChI=1S/C15H25NO3/c1-15(2)9-5-3-7-11(15)13(17)16-10-6-4-8-12(16)14(18)19/h11-12H,3-10H2,1-2H3,(H,18,19)/t11?,12-/m1/s1. The van der Waals surface area contributed by atoms with Gasteiger partial charge in [0.15, 0.2) is 0 Å². The van der Waals surface area contributed by atoms with Gasteiger partial charge in [-0.3, -0.25) is 4.79 Å². The number of nitrogens with zero attached hydrogens (tertiary/aromatic N) is 1. The van der Waals surface area contributed by atoms with Gasteiger partial charge in [0.05, 0.1) is 0 Å². The molecule has 0 aromatic rings. The Hall–Kier alpha value is -1.06. The van der Waals surface area contributed by atoms with Gasteiger partial charge < -0.3 is 10.0 Å². The molecule has 1 aliphatic carbocycles. The van der Waals surface area contributed by atoms with E-state index in [1.54, 1.807) is 4.90 Å². The third-order valence-electron chi connectivity index (χ3n) is 4.88. The molecule has 2 fully saturated rings. The first-order valence-electron chi connectivity index (χ1n) is 7.47. The van der Waals surface area contributed by atoms with E-state index in [1.165, 1.54) is 6.42 Å². The number of carbonyl (C=O) groups is 2. The molecule has 4 nitrogen and oxygen atoms in total. The van der Waals surface area contributed by atoms with Gasteiger partial charge in [0.2, 0.25) is 5.91 Å². The summed E-state index contributed by atoms with van der Waals surface area (Å²) in [6.07, 6.45) is 6.69. The summed E-state index contributed by atoms with van der Waals surface area (Å²) in [5.41, 5.74) is 0.00976. The zero-order valence-corrected chi connectivity index (χ0v) is 12.0. The van der Waals surface area contributed by atoms with E-state index in [0.717, 1.165) is 32.1 Å². The SMILES string of the molecule is CC1(C)CCCCC1C(=O)N1CCCC[C@@H]1C(=O)O. The van der Waals surface area contributed by atoms with Gasteiger partial charge in [-0.25, -0.2) is 4.79 Å². The van der Waals surface area contributed by atoms with Crippen LogP contribution in [0.4, 0.5) is 0 Å². The summed E-state index contributed by atoms with van der Waals surface area (Å²) in [6, 6.07) is -0.598. The average molecular weight is 267 g/mol. The number of amides is 1. The molecule has 1 saturated carbocycles. The molecular formula is C15H25NO3. The number of hydrogen-bond acceptors (Lipinski definition) is 2. The van der Waals surface area contributed by atoms with E-state index in [4.69, 9.17) is 0 Å². The van der Waals surface area contributed by atoms with Gasteiger partial charge in [-0.1, -0.05) is 26.7 Å². The van der Waals surface area contributed by atoms with Crippen molar-refractivity contribution in [3.8, 4) is 0 Å². The maximum absolute atomic E-state index is 12.7. The van der Waals surface area contributed by atoms with Crippen molar-refractivity contribution < 1.29 is 14.7 Å². The summed E-state index contributed by atoms with van der Waals surface area (Å²) in [5, 5.41) is 9.29. The van der Waals surface area contributed by atoms with Crippen molar-refractivity contribution in [3.63, 3.8) is 0 Å². The highest BCUT2D eigenvalue weighted by atomic mass is 16.4. The Morgan fingerprint density at radius 2 is 1.79 bits per heavy atom. The molecule has 1 amide bonds. The molecule has 0 aromatic carbocycles. The Kier molecular flexibility index (Phi) is 4.16. The topological polar surface area (TPSA) is 57.6 Å². The van der Waals surface area contributed by atoms with Crippen molar-refractivity contribution in [2.75, 3.05) is 6.54 Å². The lowest BCUT2D eigenvalue weighted by atomic mass is 9.68. The second-order valence-electron chi connectivity index (χ2n) is 6.67. The summed E-state index contributed by atoms with van der Waals surface area (Å²) in [4.78, 5) is 25.7. The molecule has 1 saturated heterocycles. The number of likely N-dealkylation sites (tertiary alicyclic amines) is 1. The summed E-state index contributed by atoms with van der Waals surface area (Å²) >= 11 is 0. The maximum Gasteiger partial charge on any atom is 0.326 e. The molecular weight excluding hydrogens is 242 g/mol. The van der Waals surface area contributed by atoms with Crippen LogP contribution in [0.25, 0.3) is 0 Å². The van der Waals surface area contributed by atoms with Crippen molar-refractivity contribution in [1.82, 2.24) is 4.90 Å². The predicted molar refractivity (Wildman–Crippen MR) is 72.7 cm³/mol. The van der Waals surface area contributed by atoms with Crippen LogP contribution >= 0.6 is 0 Å². The minimum Gasteiger partial charge on any atom is -0.480 e. The Morgan fingerprint density at radius 3 is 2.42 bits per heavy atom. The van der Waals surface area contributed by atoms with E-state index >= 15 is 0 Å². The van der Waals surface area contributed by atoms with Crippen molar-refractivity contribution >= 4 is 11.9 Å². The fourth-order valence-electron chi connectivity index (χ4n) is 3.60. The van der Waals surface area contributed by atoms with Crippen molar-refractivity contribution in [2.24, 2.45) is 11.3 Å². The highest BCUT2D eigenvalue weighted by Gasteiger charge is 2.42. The fraction of sp³-hybridized carbons (Fsp3) is 0.867. The molecule has 0 radical (unpaired) electrons. The number of carboxylic acids is 1. The van der Waals surface area contributed by atoms with Crippen LogP contribution in [0, 0.1) is 11.3 Å². The Labute approximate surface area is 115 Å². The third-order valence-corrected chi connectivity index (χ3v) is 4.88. The van der Waals surface area contributed by atoms with Crippen LogP contribution in [-0.2, 0) is 9.59 Å². The van der Waals surface area contributed by atoms with Gasteiger partial charge in [0.25, 0.3) is 0 Å². The number of aliphatic carboxylic acids is 1. The highest BCUT2D eigenvalue weighted by molar-refractivity contribution is 5.85. The minimum atomic E-state index is -0.846. The summed E-state index contributed by atoms with van der Waals surface area (Å²) in [6.45, 7) is 4.91. The molecule has 2 aliphatic rings. The van der Waals surface area contributed by atoms with Crippen LogP contribution in [0.5, 0.6) is 0 Å². The Morgan fingerprint density at radius 1 is 1.11 bits per heavy atom. The molecule has 0 aromatic heterocycles. The van der Waals surface area contributed by atoms with Crippen molar-refractivity contribution in [1.29, 1.82) is 0 Å². The second-order valence-corrected chi connectivity index (χ2v) is 6.67. The first-order valence-corrected chi connectivity index (χ1v) is 7.47. The maximum atomic E-state index is 12.7. The number of rotatable bonds is 2. The molecule has 108 valence electrons. The predicted octanol–water partition coefficient (Wildman–Crippen LogP) is 2.67. The first-order chi connectivity index (χ1) is 8.93. The van der Waals surface area contributed by atoms with Gasteiger partial charge in [-0.2, -0.15) is 0 Å². The molecule has 1 unspecified atom stereocenters. The summed E-state index contributed by atoms with van der Waals surface area (Å²) in [5.74, 6) is -0.764. The van der Waals surface area contributed by atoms with Gasteiger partial charge in [-0.05, 0) is 37.5 Å². The number of carbonyl (C=O) groups excluding carboxylic acids is 1. The monoisotopic (exact) mass is 267 g/mol. The molecule has 1 aliphatic heterocycles. The van der Waals surface area contributed by atoms with Crippen molar-refractivity contribution in [2.45, 2.75) is 64.8 Å². The van der Waals surface area contributed by atoms with Gasteiger partial charge in [0, 0.05) is 12.5 Å². The summed E-state index contributed by atoms with van der Waals surface area (Å²) in [7, 11) is 0. The first kappa shape index (κ1) is 14.4. The lowest BCUT2D eigenvalue weighted by Gasteiger charge is -2.42. The van der Waals surface area contributed by atoms with Gasteiger partial charge in [0.1, 0.15) is 6.04 Å². The van der Waals surface area contributed by atoms with Gasteiger partial charge in [-0.15, -0.1) is 0 Å². The van der Waals surface area contributed by atoms with Crippen LogP contribution in [0.2, 0.25) is 0 Å². The summed E-state index contributed by atoms with van der Waals surface area (Å²) < 4.78 is 0. The molecule has 2 atom stereocenters. The highest BCUT2D eigenvalue weighted by Crippen LogP contribution is 2.42. The van der Waals surface area contributed by atoms with Crippen LogP contribution in [0.1, 0.15) is 58.8 Å². The molecule has 19 heavy (non-hydrogen) atoms. The quantitative estimate of drug-likeness (QED) is 0.836. The number of carboxylic acid groups (broad SMARTS) is 1. The Balaban J connectivity index is 2.14. The van der Waals surface area contributed by atoms with Crippen LogP contribution < -0.4 is 0 Å². The lowest BCUT2D eigenvalue weighted by Crippen LogP contribution is -2.52. The van der Waals surface area contributed by atoms with E-state index in [-0.39, 0.29) is 17.2 Å². The van der Waals surface area contributed by atoms with E-state index < -0.39 is 12.0 Å². The fourth-order valence-corrected chi connectivity index (χ4v) is 3.60. The number of hydrogen-bond donors (Lipinski definition) is 1. The Bertz CT molecular complexity index is 364. The van der Waals surface area contributed by atoms with Crippen molar-refractivity contribution in [3.05, 3.63) is 0 Å². The zero-order valence-electron chi connectivity index (χ0n) is 12.0. The molecule has 4 heteroatoms. The van der Waals surface area contributed by atoms with E-state index in [9.17, 15) is 14.7 Å². The van der Waals surface area contributed by atoms with Crippen LogP contribution in [-0.4, -0.2) is 34.5 Å². The molecule has 0 spiro atoms. The third kappa shape index (κ3) is 2.93. The second kappa shape index (κ2) is 5.51. The zero-order chi connectivity index (χ0) is 14.0. The number of piperidine rings is 1. The van der Waals surface area contributed by atoms with Gasteiger partial charge >= 0.3 is 5.97 Å². The molecule has 1 heterocycles. The lowest BCUT2D eigenvalue weighted by molar-refractivity contribution is -0.156. The van der Waals surface area contributed by atoms with Crippen LogP contribution in [0.3, 0.4) is 0 Å².